The smallest absolute Gasteiger partial charge is 0.264 e. The molecule has 1 aliphatic rings. The minimum absolute atomic E-state index is 0.0616. The minimum atomic E-state index is -0.431. The topological polar surface area (TPSA) is 62.3 Å². The molecule has 0 saturated carbocycles. The molecule has 1 N–H and O–H groups in total. The molecule has 0 bridgehead atoms. The summed E-state index contributed by atoms with van der Waals surface area (Å²) in [7, 11) is 0. The van der Waals surface area contributed by atoms with Gasteiger partial charge in [0.15, 0.2) is 5.13 Å². The van der Waals surface area contributed by atoms with Crippen LogP contribution in [0.2, 0.25) is 0 Å². The molecule has 1 unspecified atom stereocenters. The van der Waals surface area contributed by atoms with Crippen LogP contribution in [-0.4, -0.2) is 34.3 Å². The van der Waals surface area contributed by atoms with Gasteiger partial charge in [0, 0.05) is 6.54 Å². The average molecular weight is 386 g/mol. The van der Waals surface area contributed by atoms with Gasteiger partial charge in [-0.15, -0.1) is 11.3 Å². The molecule has 134 valence electrons. The van der Waals surface area contributed by atoms with Crippen molar-refractivity contribution in [3.63, 3.8) is 0 Å². The molecule has 26 heavy (non-hydrogen) atoms. The van der Waals surface area contributed by atoms with Gasteiger partial charge in [0.25, 0.3) is 5.91 Å². The maximum atomic E-state index is 12.8. The summed E-state index contributed by atoms with van der Waals surface area (Å²) in [6, 6.07) is 7.40. The van der Waals surface area contributed by atoms with E-state index >= 15 is 0 Å². The number of thiophene rings is 1. The maximum absolute atomic E-state index is 12.8. The molecule has 3 heterocycles. The number of amides is 2. The number of carbonyl (C=O) groups excluding carboxylic acids is 2. The highest BCUT2D eigenvalue weighted by atomic mass is 32.1. The lowest BCUT2D eigenvalue weighted by atomic mass is 10.1. The molecule has 0 radical (unpaired) electrons. The van der Waals surface area contributed by atoms with E-state index in [2.05, 4.69) is 29.4 Å². The number of likely N-dealkylation sites (tertiary alicyclic amines) is 1. The first-order valence-corrected chi connectivity index (χ1v) is 10.3. The second-order valence-electron chi connectivity index (χ2n) is 6.57. The van der Waals surface area contributed by atoms with E-state index in [1.165, 1.54) is 28.2 Å². The van der Waals surface area contributed by atoms with Crippen LogP contribution in [0.5, 0.6) is 0 Å². The SMILES string of the molecule is Cc1cc(C)c2nc(NC(=O)C3CCCN3C(=O)c3cccs3)sc2c1. The number of carbonyl (C=O) groups is 2. The van der Waals surface area contributed by atoms with E-state index in [9.17, 15) is 9.59 Å². The molecule has 7 heteroatoms. The maximum Gasteiger partial charge on any atom is 0.264 e. The van der Waals surface area contributed by atoms with Gasteiger partial charge >= 0.3 is 0 Å². The fourth-order valence-corrected chi connectivity index (χ4v) is 5.16. The Hall–Kier alpha value is -2.25. The molecule has 1 atom stereocenters. The van der Waals surface area contributed by atoms with E-state index in [1.807, 2.05) is 18.4 Å². The van der Waals surface area contributed by atoms with Gasteiger partial charge in [0.05, 0.1) is 15.1 Å². The zero-order chi connectivity index (χ0) is 18.3. The lowest BCUT2D eigenvalue weighted by Gasteiger charge is -2.22. The predicted molar refractivity (Wildman–Crippen MR) is 106 cm³/mol. The van der Waals surface area contributed by atoms with E-state index in [1.54, 1.807) is 11.0 Å². The highest BCUT2D eigenvalue weighted by Crippen LogP contribution is 2.30. The Kier molecular flexibility index (Phi) is 4.50. The quantitative estimate of drug-likeness (QED) is 0.734. The van der Waals surface area contributed by atoms with Crippen molar-refractivity contribution in [2.75, 3.05) is 11.9 Å². The molecule has 0 aliphatic carbocycles. The van der Waals surface area contributed by atoms with Gasteiger partial charge in [-0.25, -0.2) is 4.98 Å². The van der Waals surface area contributed by atoms with E-state index in [4.69, 9.17) is 0 Å². The van der Waals surface area contributed by atoms with Crippen LogP contribution < -0.4 is 5.32 Å². The summed E-state index contributed by atoms with van der Waals surface area (Å²) in [5.74, 6) is -0.214. The molecule has 1 aromatic carbocycles. The van der Waals surface area contributed by atoms with Crippen molar-refractivity contribution in [2.45, 2.75) is 32.7 Å². The van der Waals surface area contributed by atoms with Gasteiger partial charge in [-0.2, -0.15) is 0 Å². The number of thiazole rings is 1. The minimum Gasteiger partial charge on any atom is -0.326 e. The number of hydrogen-bond acceptors (Lipinski definition) is 5. The van der Waals surface area contributed by atoms with Gasteiger partial charge in [0.2, 0.25) is 5.91 Å². The Morgan fingerprint density at radius 3 is 2.92 bits per heavy atom. The number of fused-ring (bicyclic) bond motifs is 1. The van der Waals surface area contributed by atoms with Gasteiger partial charge in [-0.05, 0) is 55.3 Å². The lowest BCUT2D eigenvalue weighted by molar-refractivity contribution is -0.119. The number of anilines is 1. The molecule has 3 aromatic rings. The molecule has 4 rings (SSSR count). The summed E-state index contributed by atoms with van der Waals surface area (Å²) in [6.07, 6.45) is 1.53. The van der Waals surface area contributed by atoms with E-state index in [0.717, 1.165) is 22.2 Å². The Morgan fingerprint density at radius 2 is 2.15 bits per heavy atom. The van der Waals surface area contributed by atoms with Crippen LogP contribution in [0, 0.1) is 13.8 Å². The molecule has 0 spiro atoms. The lowest BCUT2D eigenvalue weighted by Crippen LogP contribution is -2.42. The summed E-state index contributed by atoms with van der Waals surface area (Å²) in [5, 5.41) is 5.40. The Bertz CT molecular complexity index is 978. The Balaban J connectivity index is 1.54. The fraction of sp³-hybridized carbons (Fsp3) is 0.316. The molecule has 1 saturated heterocycles. The molecular formula is C19H19N3O2S2. The van der Waals surface area contributed by atoms with Crippen molar-refractivity contribution in [1.82, 2.24) is 9.88 Å². The summed E-state index contributed by atoms with van der Waals surface area (Å²) in [6.45, 7) is 4.70. The first kappa shape index (κ1) is 17.2. The van der Waals surface area contributed by atoms with Crippen molar-refractivity contribution in [3.8, 4) is 0 Å². The van der Waals surface area contributed by atoms with Crippen molar-refractivity contribution in [2.24, 2.45) is 0 Å². The molecular weight excluding hydrogens is 366 g/mol. The second kappa shape index (κ2) is 6.81. The van der Waals surface area contributed by atoms with Crippen molar-refractivity contribution < 1.29 is 9.59 Å². The van der Waals surface area contributed by atoms with Crippen molar-refractivity contribution in [1.29, 1.82) is 0 Å². The first-order chi connectivity index (χ1) is 12.5. The molecule has 5 nitrogen and oxygen atoms in total. The number of rotatable bonds is 3. The number of aromatic nitrogens is 1. The first-order valence-electron chi connectivity index (χ1n) is 8.56. The predicted octanol–water partition coefficient (Wildman–Crippen LogP) is 4.22. The van der Waals surface area contributed by atoms with E-state index in [-0.39, 0.29) is 11.8 Å². The van der Waals surface area contributed by atoms with Gasteiger partial charge in [0.1, 0.15) is 6.04 Å². The largest absolute Gasteiger partial charge is 0.326 e. The highest BCUT2D eigenvalue weighted by molar-refractivity contribution is 7.22. The Labute approximate surface area is 159 Å². The molecule has 2 aromatic heterocycles. The van der Waals surface area contributed by atoms with Crippen LogP contribution >= 0.6 is 22.7 Å². The number of aryl methyl sites for hydroxylation is 2. The van der Waals surface area contributed by atoms with Crippen LogP contribution in [0.3, 0.4) is 0 Å². The van der Waals surface area contributed by atoms with E-state index < -0.39 is 6.04 Å². The third kappa shape index (κ3) is 3.12. The number of benzene rings is 1. The van der Waals surface area contributed by atoms with Gasteiger partial charge in [-0.3, -0.25) is 9.59 Å². The van der Waals surface area contributed by atoms with Crippen LogP contribution in [-0.2, 0) is 4.79 Å². The van der Waals surface area contributed by atoms with Crippen molar-refractivity contribution >= 4 is 49.8 Å². The third-order valence-electron chi connectivity index (χ3n) is 4.61. The molecule has 1 fully saturated rings. The molecule has 1 aliphatic heterocycles. The fourth-order valence-electron chi connectivity index (χ4n) is 3.44. The summed E-state index contributed by atoms with van der Waals surface area (Å²) < 4.78 is 1.07. The van der Waals surface area contributed by atoms with Gasteiger partial charge in [-0.1, -0.05) is 23.5 Å². The number of hydrogen-bond donors (Lipinski definition) is 1. The zero-order valence-corrected chi connectivity index (χ0v) is 16.2. The normalized spacial score (nSPS) is 17.0. The van der Waals surface area contributed by atoms with Crippen molar-refractivity contribution in [3.05, 3.63) is 45.6 Å². The number of nitrogens with zero attached hydrogens (tertiary/aromatic N) is 2. The van der Waals surface area contributed by atoms with Crippen LogP contribution in [0.25, 0.3) is 10.2 Å². The standard InChI is InChI=1S/C19H19N3O2S2/c1-11-9-12(2)16-15(10-11)26-19(20-16)21-17(23)13-5-3-7-22(13)18(24)14-6-4-8-25-14/h4,6,8-10,13H,3,5,7H2,1-2H3,(H,20,21,23). The Morgan fingerprint density at radius 1 is 1.31 bits per heavy atom. The highest BCUT2D eigenvalue weighted by Gasteiger charge is 2.35. The summed E-state index contributed by atoms with van der Waals surface area (Å²) in [5.41, 5.74) is 3.21. The third-order valence-corrected chi connectivity index (χ3v) is 6.38. The van der Waals surface area contributed by atoms with Crippen LogP contribution in [0.4, 0.5) is 5.13 Å². The zero-order valence-electron chi connectivity index (χ0n) is 14.6. The van der Waals surface area contributed by atoms with E-state index in [0.29, 0.717) is 23.0 Å². The molecule has 2 amide bonds. The average Bonchev–Trinajstić information content (AvgIpc) is 3.34. The van der Waals surface area contributed by atoms with Gasteiger partial charge < -0.3 is 10.2 Å². The summed E-state index contributed by atoms with van der Waals surface area (Å²) in [4.78, 5) is 32.4. The second-order valence-corrected chi connectivity index (χ2v) is 8.55. The monoisotopic (exact) mass is 385 g/mol. The summed E-state index contributed by atoms with van der Waals surface area (Å²) >= 11 is 2.88. The van der Waals surface area contributed by atoms with Crippen LogP contribution in [0.1, 0.15) is 33.6 Å². The van der Waals surface area contributed by atoms with Crippen LogP contribution in [0.15, 0.2) is 29.6 Å². The number of nitrogens with one attached hydrogen (secondary N) is 1.